The van der Waals surface area contributed by atoms with Crippen LogP contribution >= 0.6 is 0 Å². The highest BCUT2D eigenvalue weighted by molar-refractivity contribution is 5.30. The molecule has 0 unspecified atom stereocenters. The fourth-order valence-electron chi connectivity index (χ4n) is 1.80. The molecule has 1 aromatic heterocycles. The van der Waals surface area contributed by atoms with Gasteiger partial charge in [0.05, 0.1) is 5.69 Å². The molecule has 0 aliphatic heterocycles. The molecule has 18 heavy (non-hydrogen) atoms. The fraction of sp³-hybridized carbons (Fsp3) is 0.357. The van der Waals surface area contributed by atoms with Crippen molar-refractivity contribution in [2.24, 2.45) is 0 Å². The molecule has 4 heteroatoms. The summed E-state index contributed by atoms with van der Waals surface area (Å²) >= 11 is 0. The van der Waals surface area contributed by atoms with E-state index in [9.17, 15) is 0 Å². The van der Waals surface area contributed by atoms with E-state index in [1.54, 1.807) is 0 Å². The van der Waals surface area contributed by atoms with Gasteiger partial charge in [-0.05, 0) is 32.9 Å². The first kappa shape index (κ1) is 12.5. The van der Waals surface area contributed by atoms with Gasteiger partial charge in [-0.15, -0.1) is 0 Å². The van der Waals surface area contributed by atoms with Crippen molar-refractivity contribution in [1.82, 2.24) is 9.78 Å². The maximum absolute atomic E-state index is 5.73. The number of aromatic nitrogens is 2. The average molecular weight is 245 g/mol. The predicted octanol–water partition coefficient (Wildman–Crippen LogP) is 2.93. The van der Waals surface area contributed by atoms with Gasteiger partial charge >= 0.3 is 0 Å². The molecule has 1 aromatic carbocycles. The zero-order valence-corrected chi connectivity index (χ0v) is 11.1. The Balaban J connectivity index is 2.08. The highest BCUT2D eigenvalue weighted by atomic mass is 16.5. The summed E-state index contributed by atoms with van der Waals surface area (Å²) in [5.41, 5.74) is 7.93. The van der Waals surface area contributed by atoms with Gasteiger partial charge in [-0.25, -0.2) is 0 Å². The van der Waals surface area contributed by atoms with Crippen molar-refractivity contribution in [3.8, 4) is 5.75 Å². The molecule has 0 saturated heterocycles. The van der Waals surface area contributed by atoms with Crippen molar-refractivity contribution in [3.05, 3.63) is 41.6 Å². The summed E-state index contributed by atoms with van der Waals surface area (Å²) in [6, 6.07) is 10.1. The number of anilines is 1. The number of aryl methyl sites for hydroxylation is 1. The molecular weight excluding hydrogens is 226 g/mol. The van der Waals surface area contributed by atoms with Crippen molar-refractivity contribution in [1.29, 1.82) is 0 Å². The molecule has 0 radical (unpaired) electrons. The zero-order chi connectivity index (χ0) is 13.1. The van der Waals surface area contributed by atoms with E-state index in [1.807, 2.05) is 35.0 Å². The Morgan fingerprint density at radius 1 is 1.28 bits per heavy atom. The summed E-state index contributed by atoms with van der Waals surface area (Å²) in [6.45, 7) is 6.67. The second kappa shape index (κ2) is 5.12. The third-order valence-electron chi connectivity index (χ3n) is 2.73. The minimum absolute atomic E-state index is 0.277. The minimum atomic E-state index is 0.277. The smallest absolute Gasteiger partial charge is 0.145 e. The second-order valence-electron chi connectivity index (χ2n) is 4.70. The Morgan fingerprint density at radius 2 is 1.94 bits per heavy atom. The Bertz CT molecular complexity index is 514. The van der Waals surface area contributed by atoms with E-state index < -0.39 is 0 Å². The molecule has 2 aromatic rings. The van der Waals surface area contributed by atoms with E-state index >= 15 is 0 Å². The maximum atomic E-state index is 5.73. The van der Waals surface area contributed by atoms with Crippen LogP contribution in [0.1, 0.15) is 31.1 Å². The lowest BCUT2D eigenvalue weighted by Gasteiger charge is -2.11. The Morgan fingerprint density at radius 3 is 2.56 bits per heavy atom. The van der Waals surface area contributed by atoms with Crippen molar-refractivity contribution < 1.29 is 4.74 Å². The summed E-state index contributed by atoms with van der Waals surface area (Å²) in [6.07, 6.45) is 0. The van der Waals surface area contributed by atoms with Crippen molar-refractivity contribution >= 4 is 5.82 Å². The van der Waals surface area contributed by atoms with Gasteiger partial charge in [-0.1, -0.05) is 17.7 Å². The molecule has 0 atom stereocenters. The molecule has 0 bridgehead atoms. The molecule has 2 rings (SSSR count). The van der Waals surface area contributed by atoms with Gasteiger partial charge in [-0.2, -0.15) is 5.10 Å². The lowest BCUT2D eigenvalue weighted by Crippen LogP contribution is -2.10. The van der Waals surface area contributed by atoms with E-state index in [-0.39, 0.29) is 6.04 Å². The molecule has 2 N–H and O–H groups in total. The SMILES string of the molecule is Cc1ccc(OCc2cc(N)nn2C(C)C)cc1. The molecule has 0 aliphatic carbocycles. The van der Waals surface area contributed by atoms with Gasteiger partial charge in [-0.3, -0.25) is 4.68 Å². The maximum Gasteiger partial charge on any atom is 0.145 e. The largest absolute Gasteiger partial charge is 0.487 e. The molecular formula is C14H19N3O. The Hall–Kier alpha value is -1.97. The van der Waals surface area contributed by atoms with Gasteiger partial charge in [0, 0.05) is 12.1 Å². The summed E-state index contributed by atoms with van der Waals surface area (Å²) in [5.74, 6) is 1.39. The van der Waals surface area contributed by atoms with Crippen LogP contribution in [0.15, 0.2) is 30.3 Å². The van der Waals surface area contributed by atoms with Crippen LogP contribution in [0, 0.1) is 6.92 Å². The van der Waals surface area contributed by atoms with Gasteiger partial charge in [0.1, 0.15) is 18.2 Å². The predicted molar refractivity (Wildman–Crippen MR) is 72.5 cm³/mol. The normalized spacial score (nSPS) is 10.9. The number of nitrogen functional groups attached to an aromatic ring is 1. The van der Waals surface area contributed by atoms with Crippen LogP contribution < -0.4 is 10.5 Å². The Kier molecular flexibility index (Phi) is 3.55. The molecule has 96 valence electrons. The first-order valence-electron chi connectivity index (χ1n) is 6.09. The number of hydrogen-bond acceptors (Lipinski definition) is 3. The highest BCUT2D eigenvalue weighted by Gasteiger charge is 2.09. The van der Waals surface area contributed by atoms with Crippen molar-refractivity contribution in [3.63, 3.8) is 0 Å². The minimum Gasteiger partial charge on any atom is -0.487 e. The lowest BCUT2D eigenvalue weighted by molar-refractivity contribution is 0.287. The van der Waals surface area contributed by atoms with Crippen molar-refractivity contribution in [2.75, 3.05) is 5.73 Å². The lowest BCUT2D eigenvalue weighted by atomic mass is 10.2. The topological polar surface area (TPSA) is 53.1 Å². The first-order valence-corrected chi connectivity index (χ1v) is 6.09. The molecule has 0 amide bonds. The van der Waals surface area contributed by atoms with Crippen LogP contribution in [-0.2, 0) is 6.61 Å². The molecule has 0 spiro atoms. The molecule has 1 heterocycles. The molecule has 0 fully saturated rings. The number of benzene rings is 1. The molecule has 0 saturated carbocycles. The van der Waals surface area contributed by atoms with E-state index in [0.29, 0.717) is 12.4 Å². The van der Waals surface area contributed by atoms with Gasteiger partial charge in [0.2, 0.25) is 0 Å². The number of rotatable bonds is 4. The highest BCUT2D eigenvalue weighted by Crippen LogP contribution is 2.17. The number of nitrogens with zero attached hydrogens (tertiary/aromatic N) is 2. The number of hydrogen-bond donors (Lipinski definition) is 1. The molecule has 0 aliphatic rings. The van der Waals surface area contributed by atoms with Crippen molar-refractivity contribution in [2.45, 2.75) is 33.4 Å². The summed E-state index contributed by atoms with van der Waals surface area (Å²) < 4.78 is 7.63. The van der Waals surface area contributed by atoms with E-state index in [4.69, 9.17) is 10.5 Å². The van der Waals surface area contributed by atoms with Crippen LogP contribution in [0.3, 0.4) is 0 Å². The van der Waals surface area contributed by atoms with E-state index in [1.165, 1.54) is 5.56 Å². The van der Waals surface area contributed by atoms with Crippen LogP contribution in [0.25, 0.3) is 0 Å². The van der Waals surface area contributed by atoms with Crippen LogP contribution in [-0.4, -0.2) is 9.78 Å². The van der Waals surface area contributed by atoms with E-state index in [0.717, 1.165) is 11.4 Å². The quantitative estimate of drug-likeness (QED) is 0.901. The Labute approximate surface area is 107 Å². The average Bonchev–Trinajstić information content (AvgIpc) is 2.70. The first-order chi connectivity index (χ1) is 8.56. The van der Waals surface area contributed by atoms with Gasteiger partial charge in [0.15, 0.2) is 0 Å². The summed E-state index contributed by atoms with van der Waals surface area (Å²) in [7, 11) is 0. The number of ether oxygens (including phenoxy) is 1. The monoisotopic (exact) mass is 245 g/mol. The second-order valence-corrected chi connectivity index (χ2v) is 4.70. The summed E-state index contributed by atoms with van der Waals surface area (Å²) in [4.78, 5) is 0. The van der Waals surface area contributed by atoms with Gasteiger partial charge < -0.3 is 10.5 Å². The third-order valence-corrected chi connectivity index (χ3v) is 2.73. The standard InChI is InChI=1S/C14H19N3O/c1-10(2)17-12(8-14(15)16-17)9-18-13-6-4-11(3)5-7-13/h4-8,10H,9H2,1-3H3,(H2,15,16). The number of nitrogens with two attached hydrogens (primary N) is 1. The van der Waals surface area contributed by atoms with E-state index in [2.05, 4.69) is 25.9 Å². The van der Waals surface area contributed by atoms with Crippen LogP contribution in [0.2, 0.25) is 0 Å². The molecule has 4 nitrogen and oxygen atoms in total. The summed E-state index contributed by atoms with van der Waals surface area (Å²) in [5, 5.41) is 4.25. The van der Waals surface area contributed by atoms with Gasteiger partial charge in [0.25, 0.3) is 0 Å². The fourth-order valence-corrected chi connectivity index (χ4v) is 1.80. The zero-order valence-electron chi connectivity index (χ0n) is 11.1. The third kappa shape index (κ3) is 2.83. The van der Waals surface area contributed by atoms with Crippen LogP contribution in [0.5, 0.6) is 5.75 Å². The van der Waals surface area contributed by atoms with Crippen LogP contribution in [0.4, 0.5) is 5.82 Å².